The van der Waals surface area contributed by atoms with Crippen LogP contribution in [0, 0.1) is 18.8 Å². The summed E-state index contributed by atoms with van der Waals surface area (Å²) in [4.78, 5) is 2.44. The summed E-state index contributed by atoms with van der Waals surface area (Å²) >= 11 is 1.77. The van der Waals surface area contributed by atoms with Gasteiger partial charge in [0.25, 0.3) is 0 Å². The van der Waals surface area contributed by atoms with Gasteiger partial charge in [-0.05, 0) is 44.0 Å². The minimum Gasteiger partial charge on any atom is -0.0807 e. The van der Waals surface area contributed by atoms with Crippen molar-refractivity contribution in [1.82, 2.24) is 0 Å². The Morgan fingerprint density at radius 3 is 2.33 bits per heavy atom. The van der Waals surface area contributed by atoms with E-state index in [2.05, 4.69) is 56.9 Å². The van der Waals surface area contributed by atoms with E-state index in [-0.39, 0.29) is 0 Å². The maximum Gasteiger partial charge on any atom is 0.0614 e. The van der Waals surface area contributed by atoms with Gasteiger partial charge in [-0.1, -0.05) is 72.5 Å². The molecule has 0 atom stereocenters. The first kappa shape index (κ1) is 15.5. The number of rotatable bonds is 3. The van der Waals surface area contributed by atoms with Crippen LogP contribution in [-0.2, 0) is 0 Å². The summed E-state index contributed by atoms with van der Waals surface area (Å²) in [5, 5.41) is 0. The number of allylic oxidation sites excluding steroid dienone is 2. The molecule has 0 bridgehead atoms. The summed E-state index contributed by atoms with van der Waals surface area (Å²) in [5.41, 5.74) is 3.70. The number of hydrogen-bond donors (Lipinski definition) is 0. The van der Waals surface area contributed by atoms with E-state index >= 15 is 0 Å². The van der Waals surface area contributed by atoms with Gasteiger partial charge < -0.3 is 0 Å². The van der Waals surface area contributed by atoms with Gasteiger partial charge in [0.15, 0.2) is 0 Å². The molecule has 0 fully saturated rings. The normalized spacial score (nSPS) is 11.4. The molecule has 0 aliphatic carbocycles. The Kier molecular flexibility index (Phi) is 5.72. The van der Waals surface area contributed by atoms with Crippen LogP contribution in [0.5, 0.6) is 0 Å². The summed E-state index contributed by atoms with van der Waals surface area (Å²) in [6.45, 7) is 6.49. The second-order valence-corrected chi connectivity index (χ2v) is 6.00. The fourth-order valence-electron chi connectivity index (χ4n) is 1.81. The van der Waals surface area contributed by atoms with Gasteiger partial charge in [0.05, 0.1) is 4.91 Å². The molecule has 2 aromatic carbocycles. The molecule has 106 valence electrons. The molecule has 0 aliphatic heterocycles. The predicted molar refractivity (Wildman–Crippen MR) is 93.3 cm³/mol. The lowest BCUT2D eigenvalue weighted by molar-refractivity contribution is 1.10. The Hall–Kier alpha value is -1.91. The van der Waals surface area contributed by atoms with Crippen molar-refractivity contribution in [3.8, 4) is 11.8 Å². The van der Waals surface area contributed by atoms with E-state index in [0.29, 0.717) is 0 Å². The molecular formula is C20H20S. The highest BCUT2D eigenvalue weighted by molar-refractivity contribution is 8.03. The molecule has 0 spiro atoms. The minimum atomic E-state index is 1.03. The van der Waals surface area contributed by atoms with Gasteiger partial charge >= 0.3 is 0 Å². The second kappa shape index (κ2) is 7.76. The van der Waals surface area contributed by atoms with Gasteiger partial charge in [-0.15, -0.1) is 0 Å². The van der Waals surface area contributed by atoms with Crippen LogP contribution in [0.25, 0.3) is 0 Å². The smallest absolute Gasteiger partial charge is 0.0614 e. The van der Waals surface area contributed by atoms with Crippen molar-refractivity contribution in [3.63, 3.8) is 0 Å². The van der Waals surface area contributed by atoms with Gasteiger partial charge in [-0.2, -0.15) is 0 Å². The largest absolute Gasteiger partial charge is 0.0807 e. The Balaban J connectivity index is 2.30. The summed E-state index contributed by atoms with van der Waals surface area (Å²) in [6.07, 6.45) is 1.03. The molecule has 0 heterocycles. The molecule has 0 amide bonds. The van der Waals surface area contributed by atoms with E-state index in [1.807, 2.05) is 30.3 Å². The van der Waals surface area contributed by atoms with Gasteiger partial charge in [0.2, 0.25) is 0 Å². The lowest BCUT2D eigenvalue weighted by Crippen LogP contribution is -1.84. The van der Waals surface area contributed by atoms with Crippen molar-refractivity contribution >= 4 is 11.8 Å². The first-order valence-electron chi connectivity index (χ1n) is 7.21. The van der Waals surface area contributed by atoms with E-state index in [0.717, 1.165) is 16.9 Å². The second-order valence-electron chi connectivity index (χ2n) is 4.95. The van der Waals surface area contributed by atoms with Crippen LogP contribution in [-0.4, -0.2) is 0 Å². The highest BCUT2D eigenvalue weighted by Gasteiger charge is 2.04. The monoisotopic (exact) mass is 292 g/mol. The molecule has 0 saturated carbocycles. The van der Waals surface area contributed by atoms with Crippen molar-refractivity contribution in [3.05, 3.63) is 76.2 Å². The molecule has 1 heteroatoms. The fraction of sp³-hybridized carbons (Fsp3) is 0.200. The van der Waals surface area contributed by atoms with Gasteiger partial charge in [-0.3, -0.25) is 0 Å². The van der Waals surface area contributed by atoms with E-state index in [1.54, 1.807) is 11.8 Å². The molecule has 2 rings (SSSR count). The highest BCUT2D eigenvalue weighted by Crippen LogP contribution is 2.31. The lowest BCUT2D eigenvalue weighted by atomic mass is 10.2. The van der Waals surface area contributed by atoms with Crippen molar-refractivity contribution in [1.29, 1.82) is 0 Å². The summed E-state index contributed by atoms with van der Waals surface area (Å²) in [7, 11) is 0. The molecule has 21 heavy (non-hydrogen) atoms. The molecule has 2 aromatic rings. The van der Waals surface area contributed by atoms with Gasteiger partial charge in [0.1, 0.15) is 0 Å². The number of thioether (sulfide) groups is 1. The van der Waals surface area contributed by atoms with Crippen LogP contribution >= 0.6 is 11.8 Å². The molecule has 0 nitrogen and oxygen atoms in total. The van der Waals surface area contributed by atoms with Crippen molar-refractivity contribution in [2.45, 2.75) is 32.1 Å². The fourth-order valence-corrected chi connectivity index (χ4v) is 2.83. The number of hydrogen-bond acceptors (Lipinski definition) is 1. The SMILES string of the molecule is CCC(C)=C(C#Cc1ccccc1)Sc1ccccc1C. The number of benzene rings is 2. The van der Waals surface area contributed by atoms with Crippen LogP contribution < -0.4 is 0 Å². The predicted octanol–water partition coefficient (Wildman–Crippen LogP) is 5.82. The van der Waals surface area contributed by atoms with Crippen LogP contribution in [0.4, 0.5) is 0 Å². The quantitative estimate of drug-likeness (QED) is 0.507. The molecule has 0 unspecified atom stereocenters. The van der Waals surface area contributed by atoms with E-state index < -0.39 is 0 Å². The van der Waals surface area contributed by atoms with Crippen LogP contribution in [0.3, 0.4) is 0 Å². The minimum absolute atomic E-state index is 1.03. The standard InChI is InChI=1S/C20H20S/c1-4-16(2)20(15-14-18-11-6-5-7-12-18)21-19-13-9-8-10-17(19)3/h5-13H,4H2,1-3H3. The average molecular weight is 292 g/mol. The van der Waals surface area contributed by atoms with Crippen LogP contribution in [0.15, 0.2) is 70.0 Å². The first-order valence-corrected chi connectivity index (χ1v) is 8.02. The lowest BCUT2D eigenvalue weighted by Gasteiger charge is -2.07. The third-order valence-electron chi connectivity index (χ3n) is 3.32. The third-order valence-corrected chi connectivity index (χ3v) is 4.65. The molecule has 0 aromatic heterocycles. The van der Waals surface area contributed by atoms with Crippen LogP contribution in [0.2, 0.25) is 0 Å². The maximum absolute atomic E-state index is 3.36. The number of aryl methyl sites for hydroxylation is 1. The zero-order chi connectivity index (χ0) is 15.1. The van der Waals surface area contributed by atoms with E-state index in [9.17, 15) is 0 Å². The Bertz CT molecular complexity index is 685. The average Bonchev–Trinajstić information content (AvgIpc) is 2.53. The summed E-state index contributed by atoms with van der Waals surface area (Å²) in [5.74, 6) is 6.63. The van der Waals surface area contributed by atoms with E-state index in [1.165, 1.54) is 16.0 Å². The Morgan fingerprint density at radius 1 is 1.00 bits per heavy atom. The summed E-state index contributed by atoms with van der Waals surface area (Å²) < 4.78 is 0. The van der Waals surface area contributed by atoms with Gasteiger partial charge in [0, 0.05) is 10.5 Å². The Morgan fingerprint density at radius 2 is 1.67 bits per heavy atom. The highest BCUT2D eigenvalue weighted by atomic mass is 32.2. The van der Waals surface area contributed by atoms with E-state index in [4.69, 9.17) is 0 Å². The third kappa shape index (κ3) is 4.55. The van der Waals surface area contributed by atoms with Crippen LogP contribution in [0.1, 0.15) is 31.4 Å². The summed E-state index contributed by atoms with van der Waals surface area (Å²) in [6, 6.07) is 18.6. The topological polar surface area (TPSA) is 0 Å². The maximum atomic E-state index is 3.36. The zero-order valence-corrected chi connectivity index (χ0v) is 13.6. The van der Waals surface area contributed by atoms with Crippen molar-refractivity contribution in [2.75, 3.05) is 0 Å². The van der Waals surface area contributed by atoms with Crippen molar-refractivity contribution in [2.24, 2.45) is 0 Å². The van der Waals surface area contributed by atoms with Gasteiger partial charge in [-0.25, -0.2) is 0 Å². The Labute approximate surface area is 132 Å². The molecular weight excluding hydrogens is 272 g/mol. The molecule has 0 radical (unpaired) electrons. The molecule has 0 N–H and O–H groups in total. The molecule has 0 saturated heterocycles. The molecule has 0 aliphatic rings. The zero-order valence-electron chi connectivity index (χ0n) is 12.8. The first-order chi connectivity index (χ1) is 10.2. The van der Waals surface area contributed by atoms with Crippen molar-refractivity contribution < 1.29 is 0 Å².